The summed E-state index contributed by atoms with van der Waals surface area (Å²) in [5.74, 6) is 0.260. The smallest absolute Gasteiger partial charge is 0.244 e. The minimum absolute atomic E-state index is 0. The molecule has 0 unspecified atom stereocenters. The van der Waals surface area contributed by atoms with Gasteiger partial charge >= 0.3 is 0 Å². The third kappa shape index (κ3) is 5.25. The molecule has 33 heavy (non-hydrogen) atoms. The second-order valence-electron chi connectivity index (χ2n) is 8.18. The van der Waals surface area contributed by atoms with Gasteiger partial charge in [-0.2, -0.15) is 0 Å². The molecular formula is C23H29Cl2FN4O2S. The van der Waals surface area contributed by atoms with Gasteiger partial charge in [-0.1, -0.05) is 6.07 Å². The Kier molecular flexibility index (Phi) is 8.70. The Hall–Kier alpha value is -1.97. The monoisotopic (exact) mass is 514 g/mol. The molecule has 2 heterocycles. The molecule has 0 saturated heterocycles. The van der Waals surface area contributed by atoms with Gasteiger partial charge in [0.05, 0.1) is 6.54 Å². The van der Waals surface area contributed by atoms with Crippen LogP contribution in [0.15, 0.2) is 53.5 Å². The average molecular weight is 515 g/mol. The normalized spacial score (nSPS) is 14.3. The van der Waals surface area contributed by atoms with Crippen molar-refractivity contribution in [2.24, 2.45) is 5.73 Å². The summed E-state index contributed by atoms with van der Waals surface area (Å²) in [5, 5.41) is 0.976. The number of allylic oxidation sites excluding steroid dienone is 1. The van der Waals surface area contributed by atoms with Crippen LogP contribution in [-0.2, 0) is 16.6 Å². The van der Waals surface area contributed by atoms with Crippen LogP contribution in [0.2, 0.25) is 0 Å². The fourth-order valence-corrected chi connectivity index (χ4v) is 4.88. The van der Waals surface area contributed by atoms with Crippen LogP contribution in [0.3, 0.4) is 0 Å². The van der Waals surface area contributed by atoms with Crippen LogP contribution in [-0.4, -0.2) is 42.9 Å². The van der Waals surface area contributed by atoms with E-state index in [0.717, 1.165) is 22.2 Å². The quantitative estimate of drug-likeness (QED) is 0.491. The minimum atomic E-state index is -3.62. The topological polar surface area (TPSA) is 81.2 Å². The highest BCUT2D eigenvalue weighted by atomic mass is 35.5. The van der Waals surface area contributed by atoms with Gasteiger partial charge in [0.15, 0.2) is 0 Å². The average Bonchev–Trinajstić information content (AvgIpc) is 3.54. The van der Waals surface area contributed by atoms with Crippen LogP contribution in [0.1, 0.15) is 30.0 Å². The summed E-state index contributed by atoms with van der Waals surface area (Å²) in [7, 11) is -0.636. The Morgan fingerprint density at radius 2 is 1.94 bits per heavy atom. The van der Waals surface area contributed by atoms with Crippen molar-refractivity contribution in [3.8, 4) is 11.1 Å². The molecule has 0 aliphatic heterocycles. The third-order valence-corrected chi connectivity index (χ3v) is 7.61. The second-order valence-corrected chi connectivity index (χ2v) is 10.3. The van der Waals surface area contributed by atoms with E-state index < -0.39 is 10.0 Å². The van der Waals surface area contributed by atoms with E-state index in [1.807, 2.05) is 17.6 Å². The predicted molar refractivity (Wildman–Crippen MR) is 135 cm³/mol. The van der Waals surface area contributed by atoms with E-state index in [2.05, 4.69) is 17.1 Å². The lowest BCUT2D eigenvalue weighted by Crippen LogP contribution is -2.22. The van der Waals surface area contributed by atoms with Crippen molar-refractivity contribution in [3.63, 3.8) is 0 Å². The summed E-state index contributed by atoms with van der Waals surface area (Å²) in [6.45, 7) is 2.14. The van der Waals surface area contributed by atoms with E-state index in [1.165, 1.54) is 49.1 Å². The lowest BCUT2D eigenvalue weighted by Gasteiger charge is -2.12. The van der Waals surface area contributed by atoms with Gasteiger partial charge in [0.2, 0.25) is 10.0 Å². The minimum Gasteiger partial charge on any atom is -0.337 e. The molecule has 1 aromatic carbocycles. The van der Waals surface area contributed by atoms with Crippen LogP contribution >= 0.6 is 24.8 Å². The van der Waals surface area contributed by atoms with Gasteiger partial charge in [0, 0.05) is 60.8 Å². The van der Waals surface area contributed by atoms with Crippen molar-refractivity contribution >= 4 is 45.7 Å². The zero-order valence-electron chi connectivity index (χ0n) is 18.8. The number of fused-ring (bicyclic) bond motifs is 1. The first-order chi connectivity index (χ1) is 14.7. The van der Waals surface area contributed by atoms with Crippen LogP contribution in [0.25, 0.3) is 22.0 Å². The van der Waals surface area contributed by atoms with E-state index in [1.54, 1.807) is 12.3 Å². The molecule has 0 amide bonds. The number of aromatic nitrogens is 2. The number of benzene rings is 1. The van der Waals surface area contributed by atoms with Crippen LogP contribution in [0.4, 0.5) is 4.39 Å². The van der Waals surface area contributed by atoms with Crippen LogP contribution in [0.5, 0.6) is 0 Å². The maximum absolute atomic E-state index is 14.4. The maximum Gasteiger partial charge on any atom is 0.244 e. The zero-order valence-corrected chi connectivity index (χ0v) is 21.2. The van der Waals surface area contributed by atoms with Crippen molar-refractivity contribution in [1.82, 2.24) is 13.9 Å². The molecule has 180 valence electrons. The summed E-state index contributed by atoms with van der Waals surface area (Å²) in [6.07, 6.45) is 6.73. The van der Waals surface area contributed by atoms with E-state index in [9.17, 15) is 12.8 Å². The number of pyridine rings is 1. The molecule has 1 aliphatic rings. The molecule has 2 aromatic heterocycles. The van der Waals surface area contributed by atoms with Gasteiger partial charge in [0.1, 0.15) is 10.7 Å². The summed E-state index contributed by atoms with van der Waals surface area (Å²) >= 11 is 0. The lowest BCUT2D eigenvalue weighted by molar-refractivity contribution is 0.520. The van der Waals surface area contributed by atoms with Crippen molar-refractivity contribution in [2.45, 2.75) is 37.1 Å². The van der Waals surface area contributed by atoms with E-state index in [4.69, 9.17) is 5.73 Å². The highest BCUT2D eigenvalue weighted by molar-refractivity contribution is 7.89. The summed E-state index contributed by atoms with van der Waals surface area (Å²) in [6, 6.07) is 7.94. The molecule has 2 N–H and O–H groups in total. The van der Waals surface area contributed by atoms with Gasteiger partial charge in [0.25, 0.3) is 0 Å². The van der Waals surface area contributed by atoms with Crippen LogP contribution in [0, 0.1) is 6.92 Å². The molecule has 0 radical (unpaired) electrons. The van der Waals surface area contributed by atoms with Crippen molar-refractivity contribution in [2.75, 3.05) is 20.6 Å². The van der Waals surface area contributed by atoms with Gasteiger partial charge in [-0.05, 0) is 55.5 Å². The molecule has 1 saturated carbocycles. The molecular weight excluding hydrogens is 486 g/mol. The summed E-state index contributed by atoms with van der Waals surface area (Å²) in [4.78, 5) is 4.34. The molecule has 6 nitrogen and oxygen atoms in total. The molecule has 1 aliphatic carbocycles. The second kappa shape index (κ2) is 10.5. The molecule has 4 rings (SSSR count). The Balaban J connectivity index is 0.00000193. The van der Waals surface area contributed by atoms with E-state index in [0.29, 0.717) is 11.5 Å². The number of nitrogens with two attached hydrogens (primary N) is 1. The number of hydrogen-bond acceptors (Lipinski definition) is 4. The number of halogens is 3. The zero-order chi connectivity index (χ0) is 22.3. The fraction of sp³-hybridized carbons (Fsp3) is 0.348. The van der Waals surface area contributed by atoms with Gasteiger partial charge in [-0.3, -0.25) is 4.98 Å². The first-order valence-electron chi connectivity index (χ1n) is 10.3. The van der Waals surface area contributed by atoms with Crippen molar-refractivity contribution < 1.29 is 12.8 Å². The summed E-state index contributed by atoms with van der Waals surface area (Å²) < 4.78 is 42.8. The Bertz CT molecular complexity index is 1290. The Morgan fingerprint density at radius 3 is 2.55 bits per heavy atom. The van der Waals surface area contributed by atoms with Crippen molar-refractivity contribution in [1.29, 1.82) is 0 Å². The van der Waals surface area contributed by atoms with E-state index in [-0.39, 0.29) is 48.6 Å². The Labute approximate surface area is 206 Å². The van der Waals surface area contributed by atoms with Gasteiger partial charge in [-0.15, -0.1) is 24.8 Å². The lowest BCUT2D eigenvalue weighted by atomic mass is 10.0. The molecule has 1 fully saturated rings. The number of sulfonamides is 1. The molecule has 10 heteroatoms. The maximum atomic E-state index is 14.4. The third-order valence-electron chi connectivity index (χ3n) is 5.83. The largest absolute Gasteiger partial charge is 0.337 e. The van der Waals surface area contributed by atoms with Gasteiger partial charge in [-0.25, -0.2) is 17.1 Å². The molecule has 3 aromatic rings. The van der Waals surface area contributed by atoms with Gasteiger partial charge < -0.3 is 10.3 Å². The van der Waals surface area contributed by atoms with Crippen LogP contribution < -0.4 is 5.73 Å². The molecule has 0 atom stereocenters. The molecule has 0 spiro atoms. The number of nitrogens with zero attached hydrogens (tertiary/aromatic N) is 3. The standard InChI is InChI=1S/C23H27FN4O2S.2ClH/c1-15-23(18-10-20(13-26-12-18)31(29,30)27(2)3)21-11-17(16-4-5-16)6-7-22(21)28(15)14-19(24)8-9-25;;/h6-8,10-13,16H,4-5,9,14,25H2,1-3H3;2*1H/b19-8-;;. The Morgan fingerprint density at radius 1 is 1.24 bits per heavy atom. The number of hydrogen-bond donors (Lipinski definition) is 1. The first kappa shape index (κ1) is 27.3. The number of rotatable bonds is 7. The van der Waals surface area contributed by atoms with Crippen molar-refractivity contribution in [3.05, 3.63) is 59.8 Å². The SMILES string of the molecule is Cc1c(-c2cncc(S(=O)(=O)N(C)C)c2)c2cc(C3CC3)ccc2n1C/C(F)=C/CN.Cl.Cl. The first-order valence-corrected chi connectivity index (χ1v) is 11.7. The van der Waals surface area contributed by atoms with E-state index >= 15 is 0 Å². The fourth-order valence-electron chi connectivity index (χ4n) is 3.99. The summed E-state index contributed by atoms with van der Waals surface area (Å²) in [5.41, 5.74) is 10.1. The highest BCUT2D eigenvalue weighted by Gasteiger charge is 2.26. The predicted octanol–water partition coefficient (Wildman–Crippen LogP) is 4.80. The highest BCUT2D eigenvalue weighted by Crippen LogP contribution is 2.43. The molecule has 0 bridgehead atoms.